The SMILES string of the molecule is CC1C2CNCC2CN1c1ccc(C(N)=O)c(Br)c1. The van der Waals surface area contributed by atoms with Crippen LogP contribution >= 0.6 is 15.9 Å². The van der Waals surface area contributed by atoms with Crippen LogP contribution in [0.2, 0.25) is 0 Å². The van der Waals surface area contributed by atoms with E-state index in [1.807, 2.05) is 12.1 Å². The Labute approximate surface area is 121 Å². The largest absolute Gasteiger partial charge is 0.368 e. The molecule has 3 rings (SSSR count). The molecule has 0 aromatic heterocycles. The lowest BCUT2D eigenvalue weighted by Gasteiger charge is -2.27. The molecule has 3 atom stereocenters. The van der Waals surface area contributed by atoms with Crippen LogP contribution in [0.15, 0.2) is 22.7 Å². The van der Waals surface area contributed by atoms with Crippen LogP contribution in [-0.4, -0.2) is 31.6 Å². The summed E-state index contributed by atoms with van der Waals surface area (Å²) in [6.45, 7) is 5.60. The summed E-state index contributed by atoms with van der Waals surface area (Å²) in [5.74, 6) is 1.08. The number of rotatable bonds is 2. The fraction of sp³-hybridized carbons (Fsp3) is 0.500. The van der Waals surface area contributed by atoms with Crippen molar-refractivity contribution in [3.63, 3.8) is 0 Å². The number of fused-ring (bicyclic) bond motifs is 1. The van der Waals surface area contributed by atoms with E-state index >= 15 is 0 Å². The van der Waals surface area contributed by atoms with Crippen LogP contribution in [0.3, 0.4) is 0 Å². The molecule has 1 aromatic rings. The Bertz CT molecular complexity index is 519. The van der Waals surface area contributed by atoms with Crippen molar-refractivity contribution in [2.45, 2.75) is 13.0 Å². The van der Waals surface area contributed by atoms with Gasteiger partial charge in [0, 0.05) is 35.8 Å². The van der Waals surface area contributed by atoms with Crippen molar-refractivity contribution in [1.82, 2.24) is 5.32 Å². The predicted octanol–water partition coefficient (Wildman–Crippen LogP) is 1.59. The molecule has 2 aliphatic rings. The Hall–Kier alpha value is -1.07. The molecule has 0 bridgehead atoms. The van der Waals surface area contributed by atoms with Crippen LogP contribution in [0.4, 0.5) is 5.69 Å². The first-order valence-electron chi connectivity index (χ1n) is 6.64. The van der Waals surface area contributed by atoms with Crippen LogP contribution in [0.5, 0.6) is 0 Å². The normalized spacial score (nSPS) is 29.6. The summed E-state index contributed by atoms with van der Waals surface area (Å²) in [5.41, 5.74) is 7.03. The highest BCUT2D eigenvalue weighted by atomic mass is 79.9. The van der Waals surface area contributed by atoms with Gasteiger partial charge in [-0.3, -0.25) is 4.79 Å². The molecular weight excluding hydrogens is 306 g/mol. The summed E-state index contributed by atoms with van der Waals surface area (Å²) in [4.78, 5) is 13.7. The van der Waals surface area contributed by atoms with Gasteiger partial charge in [-0.2, -0.15) is 0 Å². The molecule has 2 fully saturated rings. The minimum absolute atomic E-state index is 0.394. The summed E-state index contributed by atoms with van der Waals surface area (Å²) in [5, 5.41) is 3.47. The zero-order valence-corrected chi connectivity index (χ0v) is 12.5. The van der Waals surface area contributed by atoms with Crippen molar-refractivity contribution in [3.05, 3.63) is 28.2 Å². The predicted molar refractivity (Wildman–Crippen MR) is 79.3 cm³/mol. The van der Waals surface area contributed by atoms with E-state index < -0.39 is 5.91 Å². The molecular formula is C14H18BrN3O. The summed E-state index contributed by atoms with van der Waals surface area (Å²) >= 11 is 3.44. The van der Waals surface area contributed by atoms with E-state index in [0.717, 1.165) is 35.9 Å². The van der Waals surface area contributed by atoms with Gasteiger partial charge in [0.2, 0.25) is 5.91 Å². The lowest BCUT2D eigenvalue weighted by Crippen LogP contribution is -2.33. The van der Waals surface area contributed by atoms with Crippen LogP contribution in [0.25, 0.3) is 0 Å². The van der Waals surface area contributed by atoms with Crippen molar-refractivity contribution >= 4 is 27.5 Å². The number of hydrogen-bond acceptors (Lipinski definition) is 3. The highest BCUT2D eigenvalue weighted by molar-refractivity contribution is 9.10. The zero-order valence-electron chi connectivity index (χ0n) is 10.9. The molecule has 0 radical (unpaired) electrons. The van der Waals surface area contributed by atoms with Gasteiger partial charge < -0.3 is 16.0 Å². The molecule has 3 N–H and O–H groups in total. The van der Waals surface area contributed by atoms with E-state index in [1.54, 1.807) is 6.07 Å². The minimum Gasteiger partial charge on any atom is -0.368 e. The van der Waals surface area contributed by atoms with Crippen molar-refractivity contribution in [2.24, 2.45) is 17.6 Å². The monoisotopic (exact) mass is 323 g/mol. The summed E-state index contributed by atoms with van der Waals surface area (Å²) < 4.78 is 0.778. The van der Waals surface area contributed by atoms with Gasteiger partial charge in [0.25, 0.3) is 0 Å². The molecule has 5 heteroatoms. The number of nitrogens with one attached hydrogen (secondary N) is 1. The number of amides is 1. The minimum atomic E-state index is -0.394. The summed E-state index contributed by atoms with van der Waals surface area (Å²) in [6, 6.07) is 6.34. The molecule has 0 saturated carbocycles. The third-order valence-electron chi connectivity index (χ3n) is 4.48. The number of hydrogen-bond donors (Lipinski definition) is 2. The van der Waals surface area contributed by atoms with Crippen molar-refractivity contribution in [2.75, 3.05) is 24.5 Å². The van der Waals surface area contributed by atoms with Gasteiger partial charge in [0.05, 0.1) is 5.56 Å². The topological polar surface area (TPSA) is 58.4 Å². The van der Waals surface area contributed by atoms with E-state index in [2.05, 4.69) is 33.1 Å². The molecule has 19 heavy (non-hydrogen) atoms. The Morgan fingerprint density at radius 1 is 1.47 bits per heavy atom. The van der Waals surface area contributed by atoms with Gasteiger partial charge in [-0.05, 0) is 52.9 Å². The van der Waals surface area contributed by atoms with E-state index in [4.69, 9.17) is 5.73 Å². The molecule has 102 valence electrons. The standard InChI is InChI=1S/C14H18BrN3O/c1-8-12-6-17-5-9(12)7-18(8)10-2-3-11(14(16)19)13(15)4-10/h2-4,8-9,12,17H,5-7H2,1H3,(H2,16,19). The van der Waals surface area contributed by atoms with Gasteiger partial charge in [-0.15, -0.1) is 0 Å². The Kier molecular flexibility index (Phi) is 3.27. The van der Waals surface area contributed by atoms with Gasteiger partial charge in [-0.1, -0.05) is 0 Å². The first kappa shape index (κ1) is 12.9. The van der Waals surface area contributed by atoms with Gasteiger partial charge in [0.1, 0.15) is 0 Å². The second-order valence-electron chi connectivity index (χ2n) is 5.50. The van der Waals surface area contributed by atoms with Gasteiger partial charge in [-0.25, -0.2) is 0 Å². The molecule has 0 spiro atoms. The van der Waals surface area contributed by atoms with Crippen LogP contribution < -0.4 is 16.0 Å². The van der Waals surface area contributed by atoms with E-state index in [-0.39, 0.29) is 0 Å². The first-order chi connectivity index (χ1) is 9.08. The Balaban J connectivity index is 1.87. The van der Waals surface area contributed by atoms with E-state index in [9.17, 15) is 4.79 Å². The number of nitrogens with zero attached hydrogens (tertiary/aromatic N) is 1. The molecule has 1 aromatic carbocycles. The maximum Gasteiger partial charge on any atom is 0.249 e. The van der Waals surface area contributed by atoms with Gasteiger partial charge in [0.15, 0.2) is 0 Å². The molecule has 1 amide bonds. The molecule has 0 aliphatic carbocycles. The Morgan fingerprint density at radius 3 is 2.89 bits per heavy atom. The summed E-state index contributed by atoms with van der Waals surface area (Å²) in [7, 11) is 0. The Morgan fingerprint density at radius 2 is 2.26 bits per heavy atom. The maximum absolute atomic E-state index is 11.2. The second kappa shape index (κ2) is 4.80. The number of halogens is 1. The van der Waals surface area contributed by atoms with Crippen molar-refractivity contribution < 1.29 is 4.79 Å². The number of carbonyl (C=O) groups is 1. The average Bonchev–Trinajstić information content (AvgIpc) is 2.92. The molecule has 2 saturated heterocycles. The smallest absolute Gasteiger partial charge is 0.249 e. The average molecular weight is 324 g/mol. The number of primary amides is 1. The van der Waals surface area contributed by atoms with E-state index in [0.29, 0.717) is 11.6 Å². The third-order valence-corrected chi connectivity index (χ3v) is 5.14. The van der Waals surface area contributed by atoms with Crippen LogP contribution in [0, 0.1) is 11.8 Å². The van der Waals surface area contributed by atoms with Gasteiger partial charge >= 0.3 is 0 Å². The molecule has 2 aliphatic heterocycles. The van der Waals surface area contributed by atoms with Crippen molar-refractivity contribution in [3.8, 4) is 0 Å². The number of benzene rings is 1. The molecule has 2 heterocycles. The lowest BCUT2D eigenvalue weighted by molar-refractivity contribution is 0.0999. The third kappa shape index (κ3) is 2.15. The zero-order chi connectivity index (χ0) is 13.6. The van der Waals surface area contributed by atoms with Crippen LogP contribution in [0.1, 0.15) is 17.3 Å². The first-order valence-corrected chi connectivity index (χ1v) is 7.44. The summed E-state index contributed by atoms with van der Waals surface area (Å²) in [6.07, 6.45) is 0. The fourth-order valence-corrected chi connectivity index (χ4v) is 3.95. The molecule has 3 unspecified atom stereocenters. The van der Waals surface area contributed by atoms with Crippen LogP contribution in [-0.2, 0) is 0 Å². The van der Waals surface area contributed by atoms with Crippen molar-refractivity contribution in [1.29, 1.82) is 0 Å². The number of carbonyl (C=O) groups excluding carboxylic acids is 1. The fourth-order valence-electron chi connectivity index (χ4n) is 3.39. The second-order valence-corrected chi connectivity index (χ2v) is 6.36. The quantitative estimate of drug-likeness (QED) is 0.869. The lowest BCUT2D eigenvalue weighted by atomic mass is 9.95. The molecule has 4 nitrogen and oxygen atoms in total. The number of anilines is 1. The maximum atomic E-state index is 11.2. The highest BCUT2D eigenvalue weighted by Gasteiger charge is 2.41. The number of nitrogens with two attached hydrogens (primary N) is 1. The van der Waals surface area contributed by atoms with E-state index in [1.165, 1.54) is 5.69 Å². The highest BCUT2D eigenvalue weighted by Crippen LogP contribution is 2.36.